The summed E-state index contributed by atoms with van der Waals surface area (Å²) in [6.45, 7) is 1.65. The Morgan fingerprint density at radius 2 is 2.07 bits per heavy atom. The number of hydrogen-bond donors (Lipinski definition) is 2. The summed E-state index contributed by atoms with van der Waals surface area (Å²) in [7, 11) is 0. The van der Waals surface area contributed by atoms with Gasteiger partial charge in [-0.15, -0.1) is 0 Å². The number of alkyl halides is 1. The summed E-state index contributed by atoms with van der Waals surface area (Å²) in [5, 5.41) is 19.1. The average Bonchev–Trinajstić information content (AvgIpc) is 2.20. The van der Waals surface area contributed by atoms with Crippen LogP contribution in [0.4, 0.5) is 4.39 Å². The molecule has 2 atom stereocenters. The van der Waals surface area contributed by atoms with Crippen LogP contribution in [0.3, 0.4) is 0 Å². The van der Waals surface area contributed by atoms with Crippen molar-refractivity contribution in [3.63, 3.8) is 0 Å². The molecular formula is C10H12BrFO2. The summed E-state index contributed by atoms with van der Waals surface area (Å²) in [5.74, 6) is -0.372. The number of benzene rings is 1. The fourth-order valence-electron chi connectivity index (χ4n) is 1.10. The van der Waals surface area contributed by atoms with E-state index >= 15 is 0 Å². The van der Waals surface area contributed by atoms with Crippen LogP contribution in [0.5, 0.6) is 0 Å². The van der Waals surface area contributed by atoms with E-state index in [9.17, 15) is 14.6 Å². The lowest BCUT2D eigenvalue weighted by Crippen LogP contribution is -2.19. The third-order valence-electron chi connectivity index (χ3n) is 2.06. The second-order valence-corrected chi connectivity index (χ2v) is 3.82. The maximum atomic E-state index is 13.1. The molecule has 2 N–H and O–H groups in total. The van der Waals surface area contributed by atoms with Gasteiger partial charge in [0.05, 0.1) is 6.10 Å². The van der Waals surface area contributed by atoms with Crippen molar-refractivity contribution in [1.29, 1.82) is 0 Å². The minimum absolute atomic E-state index is 0.254. The topological polar surface area (TPSA) is 40.5 Å². The summed E-state index contributed by atoms with van der Waals surface area (Å²) in [6, 6.07) is 4.43. The third-order valence-corrected chi connectivity index (χ3v) is 2.72. The molecule has 0 saturated carbocycles. The number of aryl methyl sites for hydroxylation is 1. The Morgan fingerprint density at radius 3 is 2.57 bits per heavy atom. The zero-order valence-corrected chi connectivity index (χ0v) is 9.33. The van der Waals surface area contributed by atoms with Crippen LogP contribution >= 0.6 is 15.9 Å². The van der Waals surface area contributed by atoms with Gasteiger partial charge in [-0.25, -0.2) is 4.39 Å². The molecule has 0 fully saturated rings. The maximum Gasteiger partial charge on any atom is 0.126 e. The Bertz CT molecular complexity index is 317. The van der Waals surface area contributed by atoms with Crippen LogP contribution in [0.2, 0.25) is 0 Å². The van der Waals surface area contributed by atoms with Crippen molar-refractivity contribution >= 4 is 15.9 Å². The Kier molecular flexibility index (Phi) is 4.04. The van der Waals surface area contributed by atoms with Gasteiger partial charge in [-0.3, -0.25) is 0 Å². The first-order valence-corrected chi connectivity index (χ1v) is 5.36. The molecule has 0 heterocycles. The molecule has 0 bridgehead atoms. The second kappa shape index (κ2) is 4.87. The van der Waals surface area contributed by atoms with E-state index in [0.29, 0.717) is 11.1 Å². The summed E-state index contributed by atoms with van der Waals surface area (Å²) >= 11 is 3.04. The second-order valence-electron chi connectivity index (χ2n) is 3.18. The highest BCUT2D eigenvalue weighted by atomic mass is 79.9. The number of halogens is 2. The molecule has 0 aliphatic carbocycles. The lowest BCUT2D eigenvalue weighted by Gasteiger charge is -2.16. The molecule has 14 heavy (non-hydrogen) atoms. The lowest BCUT2D eigenvalue weighted by atomic mass is 10.0. The van der Waals surface area contributed by atoms with Gasteiger partial charge < -0.3 is 10.2 Å². The molecule has 2 unspecified atom stereocenters. The minimum Gasteiger partial charge on any atom is -0.389 e. The number of rotatable bonds is 3. The van der Waals surface area contributed by atoms with E-state index in [1.54, 1.807) is 19.1 Å². The van der Waals surface area contributed by atoms with Gasteiger partial charge >= 0.3 is 0 Å². The molecule has 0 spiro atoms. The van der Waals surface area contributed by atoms with Crippen molar-refractivity contribution in [2.24, 2.45) is 0 Å². The molecule has 0 aliphatic rings. The Balaban J connectivity index is 2.91. The molecule has 1 aromatic rings. The van der Waals surface area contributed by atoms with Gasteiger partial charge in [0, 0.05) is 5.33 Å². The van der Waals surface area contributed by atoms with Crippen LogP contribution in [0.15, 0.2) is 18.2 Å². The zero-order chi connectivity index (χ0) is 10.7. The van der Waals surface area contributed by atoms with E-state index in [1.807, 2.05) is 0 Å². The zero-order valence-electron chi connectivity index (χ0n) is 7.74. The summed E-state index contributed by atoms with van der Waals surface area (Å²) in [6.07, 6.45) is -1.97. The molecule has 0 amide bonds. The SMILES string of the molecule is Cc1ccc(C(O)C(O)CBr)cc1F. The molecular weight excluding hydrogens is 251 g/mol. The highest BCUT2D eigenvalue weighted by Gasteiger charge is 2.17. The standard InChI is InChI=1S/C10H12BrFO2/c1-6-2-3-7(4-8(6)12)10(14)9(13)5-11/h2-4,9-10,13-14H,5H2,1H3. The average molecular weight is 263 g/mol. The third kappa shape index (κ3) is 2.53. The van der Waals surface area contributed by atoms with Crippen molar-refractivity contribution < 1.29 is 14.6 Å². The summed E-state index contributed by atoms with van der Waals surface area (Å²) < 4.78 is 13.1. The van der Waals surface area contributed by atoms with Crippen LogP contribution in [-0.2, 0) is 0 Å². The highest BCUT2D eigenvalue weighted by molar-refractivity contribution is 9.09. The normalized spacial score (nSPS) is 15.2. The van der Waals surface area contributed by atoms with Crippen molar-refractivity contribution in [1.82, 2.24) is 0 Å². The van der Waals surface area contributed by atoms with E-state index in [2.05, 4.69) is 15.9 Å². The Labute approximate surface area is 90.5 Å². The van der Waals surface area contributed by atoms with Crippen molar-refractivity contribution in [2.45, 2.75) is 19.1 Å². The van der Waals surface area contributed by atoms with Crippen molar-refractivity contribution in [3.05, 3.63) is 35.1 Å². The molecule has 0 saturated heterocycles. The van der Waals surface area contributed by atoms with E-state index in [1.165, 1.54) is 6.07 Å². The lowest BCUT2D eigenvalue weighted by molar-refractivity contribution is 0.0341. The molecule has 0 aliphatic heterocycles. The molecule has 0 radical (unpaired) electrons. The van der Waals surface area contributed by atoms with Crippen LogP contribution in [-0.4, -0.2) is 21.6 Å². The molecule has 2 nitrogen and oxygen atoms in total. The van der Waals surface area contributed by atoms with Gasteiger partial charge in [0.15, 0.2) is 0 Å². The van der Waals surface area contributed by atoms with Crippen LogP contribution in [0, 0.1) is 12.7 Å². The fraction of sp³-hybridized carbons (Fsp3) is 0.400. The van der Waals surface area contributed by atoms with Gasteiger partial charge in [-0.2, -0.15) is 0 Å². The molecule has 1 rings (SSSR count). The largest absolute Gasteiger partial charge is 0.389 e. The maximum absolute atomic E-state index is 13.1. The van der Waals surface area contributed by atoms with Crippen molar-refractivity contribution in [3.8, 4) is 0 Å². The number of aliphatic hydroxyl groups excluding tert-OH is 2. The number of hydrogen-bond acceptors (Lipinski definition) is 2. The van der Waals surface area contributed by atoms with Crippen molar-refractivity contribution in [2.75, 3.05) is 5.33 Å². The molecule has 4 heteroatoms. The summed E-state index contributed by atoms with van der Waals surface area (Å²) in [5.41, 5.74) is 0.911. The monoisotopic (exact) mass is 262 g/mol. The van der Waals surface area contributed by atoms with E-state index < -0.39 is 12.2 Å². The molecule has 78 valence electrons. The van der Waals surface area contributed by atoms with E-state index in [4.69, 9.17) is 0 Å². The predicted molar refractivity (Wildman–Crippen MR) is 55.9 cm³/mol. The van der Waals surface area contributed by atoms with Crippen LogP contribution in [0.25, 0.3) is 0 Å². The van der Waals surface area contributed by atoms with Gasteiger partial charge in [0.1, 0.15) is 11.9 Å². The summed E-state index contributed by atoms with van der Waals surface area (Å²) in [4.78, 5) is 0. The first-order chi connectivity index (χ1) is 6.56. The Morgan fingerprint density at radius 1 is 1.43 bits per heavy atom. The minimum atomic E-state index is -1.05. The van der Waals surface area contributed by atoms with E-state index in [-0.39, 0.29) is 11.1 Å². The first-order valence-electron chi connectivity index (χ1n) is 4.24. The van der Waals surface area contributed by atoms with Gasteiger partial charge in [-0.1, -0.05) is 28.1 Å². The first kappa shape index (κ1) is 11.6. The van der Waals surface area contributed by atoms with Gasteiger partial charge in [0.2, 0.25) is 0 Å². The quantitative estimate of drug-likeness (QED) is 0.818. The highest BCUT2D eigenvalue weighted by Crippen LogP contribution is 2.20. The number of aliphatic hydroxyl groups is 2. The molecule has 1 aromatic carbocycles. The smallest absolute Gasteiger partial charge is 0.126 e. The Hall–Kier alpha value is -0.450. The van der Waals surface area contributed by atoms with Gasteiger partial charge in [-0.05, 0) is 24.1 Å². The predicted octanol–water partition coefficient (Wildman–Crippen LogP) is 1.92. The van der Waals surface area contributed by atoms with Crippen LogP contribution < -0.4 is 0 Å². The fourth-order valence-corrected chi connectivity index (χ4v) is 1.45. The van der Waals surface area contributed by atoms with Crippen LogP contribution in [0.1, 0.15) is 17.2 Å². The molecule has 0 aromatic heterocycles. The van der Waals surface area contributed by atoms with E-state index in [0.717, 1.165) is 0 Å². The van der Waals surface area contributed by atoms with Gasteiger partial charge in [0.25, 0.3) is 0 Å².